The average Bonchev–Trinajstić information content (AvgIpc) is 2.68. The third-order valence-corrected chi connectivity index (χ3v) is 3.70. The molecule has 0 saturated carbocycles. The number of carbonyl (C=O) groups is 1. The molecule has 25 heavy (non-hydrogen) atoms. The molecule has 0 aliphatic rings. The molecule has 1 amide bonds. The summed E-state index contributed by atoms with van der Waals surface area (Å²) in [5.74, 6) is -1.04. The van der Waals surface area contributed by atoms with Crippen LogP contribution in [0.3, 0.4) is 0 Å². The second-order valence-electron chi connectivity index (χ2n) is 5.34. The number of nitrogens with one attached hydrogen (secondary N) is 1. The highest BCUT2D eigenvalue weighted by Crippen LogP contribution is 2.31. The molecule has 128 valence electrons. The lowest BCUT2D eigenvalue weighted by Crippen LogP contribution is -2.32. The van der Waals surface area contributed by atoms with Gasteiger partial charge in [0.15, 0.2) is 0 Å². The Labute approximate surface area is 158 Å². The number of anilines is 1. The van der Waals surface area contributed by atoms with Crippen LogP contribution in [0.4, 0.5) is 5.69 Å². The summed E-state index contributed by atoms with van der Waals surface area (Å²) in [6.45, 7) is -8.87. The van der Waals surface area contributed by atoms with Crippen molar-refractivity contribution in [1.82, 2.24) is 5.32 Å². The Hall–Kier alpha value is -3.08. The normalized spacial score (nSPS) is 17.5. The van der Waals surface area contributed by atoms with Gasteiger partial charge in [0.05, 0.1) is 6.54 Å². The van der Waals surface area contributed by atoms with E-state index >= 15 is 0 Å². The third-order valence-electron chi connectivity index (χ3n) is 3.70. The van der Waals surface area contributed by atoms with Crippen molar-refractivity contribution < 1.29 is 21.5 Å². The van der Waals surface area contributed by atoms with E-state index in [1.807, 2.05) is 0 Å². The van der Waals surface area contributed by atoms with Crippen LogP contribution < -0.4 is 15.8 Å². The van der Waals surface area contributed by atoms with Crippen molar-refractivity contribution in [2.45, 2.75) is 6.85 Å². The highest BCUT2D eigenvalue weighted by molar-refractivity contribution is 5.95. The maximum Gasteiger partial charge on any atom is 0.336 e. The van der Waals surface area contributed by atoms with E-state index in [0.717, 1.165) is 6.07 Å². The number of hydrogen-bond donors (Lipinski definition) is 1. The molecule has 2 aromatic carbocycles. The number of carbonyl (C=O) groups excluding carboxylic acids is 1. The van der Waals surface area contributed by atoms with Gasteiger partial charge in [-0.1, -0.05) is 24.3 Å². The van der Waals surface area contributed by atoms with Gasteiger partial charge >= 0.3 is 5.63 Å². The Morgan fingerprint density at radius 2 is 2.08 bits per heavy atom. The molecule has 0 bridgehead atoms. The molecule has 1 heterocycles. The van der Waals surface area contributed by atoms with E-state index in [1.54, 1.807) is 23.5 Å². The number of hydrogen-bond acceptors (Lipinski definition) is 4. The van der Waals surface area contributed by atoms with Gasteiger partial charge in [0.1, 0.15) is 5.58 Å². The summed E-state index contributed by atoms with van der Waals surface area (Å²) >= 11 is 0. The van der Waals surface area contributed by atoms with E-state index in [0.29, 0.717) is 10.3 Å². The lowest BCUT2D eigenvalue weighted by Gasteiger charge is -2.18. The highest BCUT2D eigenvalue weighted by Gasteiger charge is 2.12. The van der Waals surface area contributed by atoms with Crippen LogP contribution in [0.5, 0.6) is 0 Å². The van der Waals surface area contributed by atoms with Gasteiger partial charge in [-0.3, -0.25) is 4.79 Å². The molecule has 0 saturated heterocycles. The summed E-state index contributed by atoms with van der Waals surface area (Å²) in [6.07, 6.45) is 0. The lowest BCUT2D eigenvalue weighted by molar-refractivity contribution is -0.119. The van der Waals surface area contributed by atoms with Crippen molar-refractivity contribution in [3.05, 3.63) is 64.5 Å². The third kappa shape index (κ3) is 3.40. The maximum absolute atomic E-state index is 12.3. The molecule has 5 nitrogen and oxygen atoms in total. The standard InChI is InChI=1S/C20H20N2O3/c1-13-6-4-5-7-15(13)17-11-20(24)25-18-10-14(8-9-16(17)18)22(3)12-19(23)21-2/h4-11H,12H2,1-3H3,(H,21,23)/i1D3,2D3,3D3. The zero-order valence-electron chi connectivity index (χ0n) is 22.0. The molecule has 0 aliphatic heterocycles. The van der Waals surface area contributed by atoms with Crippen LogP contribution in [0.25, 0.3) is 22.1 Å². The summed E-state index contributed by atoms with van der Waals surface area (Å²) in [5.41, 5.74) is -0.261. The van der Waals surface area contributed by atoms with Crippen molar-refractivity contribution in [2.75, 3.05) is 25.4 Å². The van der Waals surface area contributed by atoms with E-state index in [2.05, 4.69) is 0 Å². The van der Waals surface area contributed by atoms with Gasteiger partial charge in [-0.15, -0.1) is 0 Å². The minimum absolute atomic E-state index is 0.0245. The number of benzene rings is 2. The zero-order valence-corrected chi connectivity index (χ0v) is 13.0. The van der Waals surface area contributed by atoms with Gasteiger partial charge in [0, 0.05) is 55.1 Å². The number of aryl methyl sites for hydroxylation is 1. The van der Waals surface area contributed by atoms with Crippen LogP contribution in [0.2, 0.25) is 0 Å². The Morgan fingerprint density at radius 1 is 1.20 bits per heavy atom. The summed E-state index contributed by atoms with van der Waals surface area (Å²) < 4.78 is 73.3. The van der Waals surface area contributed by atoms with Crippen LogP contribution in [-0.2, 0) is 4.79 Å². The van der Waals surface area contributed by atoms with Crippen LogP contribution in [0.15, 0.2) is 57.7 Å². The quantitative estimate of drug-likeness (QED) is 0.739. The molecule has 5 heteroatoms. The van der Waals surface area contributed by atoms with Gasteiger partial charge in [0.2, 0.25) is 5.91 Å². The van der Waals surface area contributed by atoms with Gasteiger partial charge in [0.25, 0.3) is 0 Å². The predicted octanol–water partition coefficient (Wildman–Crippen LogP) is 2.95. The molecule has 3 rings (SSSR count). The van der Waals surface area contributed by atoms with Gasteiger partial charge in [-0.2, -0.15) is 0 Å². The monoisotopic (exact) mass is 345 g/mol. The fourth-order valence-electron chi connectivity index (χ4n) is 2.53. The van der Waals surface area contributed by atoms with Gasteiger partial charge < -0.3 is 14.6 Å². The molecule has 1 N–H and O–H groups in total. The minimum atomic E-state index is -2.83. The number of fused-ring (bicyclic) bond motifs is 1. The molecular formula is C20H20N2O3. The summed E-state index contributed by atoms with van der Waals surface area (Å²) in [5, 5.41) is 2.08. The van der Waals surface area contributed by atoms with E-state index in [1.165, 1.54) is 24.3 Å². The van der Waals surface area contributed by atoms with Crippen molar-refractivity contribution in [3.63, 3.8) is 0 Å². The van der Waals surface area contributed by atoms with Crippen LogP contribution in [-0.4, -0.2) is 26.4 Å². The first kappa shape index (κ1) is 8.85. The van der Waals surface area contributed by atoms with E-state index in [-0.39, 0.29) is 28.0 Å². The van der Waals surface area contributed by atoms with E-state index in [4.69, 9.17) is 16.8 Å². The predicted molar refractivity (Wildman–Crippen MR) is 100.0 cm³/mol. The second-order valence-corrected chi connectivity index (χ2v) is 5.34. The molecule has 1 aromatic heterocycles. The zero-order chi connectivity index (χ0) is 25.5. The summed E-state index contributed by atoms with van der Waals surface area (Å²) in [4.78, 5) is 25.1. The second kappa shape index (κ2) is 6.81. The first-order valence-electron chi connectivity index (χ1n) is 11.8. The largest absolute Gasteiger partial charge is 0.423 e. The molecule has 0 unspecified atom stereocenters. The summed E-state index contributed by atoms with van der Waals surface area (Å²) in [6, 6.07) is 11.4. The Morgan fingerprint density at radius 3 is 2.88 bits per heavy atom. The van der Waals surface area contributed by atoms with Gasteiger partial charge in [-0.25, -0.2) is 4.79 Å². The fourth-order valence-corrected chi connectivity index (χ4v) is 2.53. The van der Waals surface area contributed by atoms with Crippen molar-refractivity contribution in [1.29, 1.82) is 0 Å². The topological polar surface area (TPSA) is 62.6 Å². The van der Waals surface area contributed by atoms with Crippen molar-refractivity contribution in [3.8, 4) is 11.1 Å². The molecule has 0 aliphatic carbocycles. The molecule has 0 spiro atoms. The number of rotatable bonds is 4. The lowest BCUT2D eigenvalue weighted by atomic mass is 9.98. The minimum Gasteiger partial charge on any atom is -0.423 e. The van der Waals surface area contributed by atoms with E-state index in [9.17, 15) is 9.59 Å². The van der Waals surface area contributed by atoms with Gasteiger partial charge in [-0.05, 0) is 30.1 Å². The molecule has 3 aromatic rings. The fraction of sp³-hybridized carbons (Fsp3) is 0.200. The highest BCUT2D eigenvalue weighted by atomic mass is 16.4. The first-order chi connectivity index (χ1) is 15.6. The molecule has 0 radical (unpaired) electrons. The Balaban J connectivity index is 2.14. The number of amides is 1. The average molecular weight is 345 g/mol. The molecule has 0 atom stereocenters. The number of likely N-dealkylation sites (N-methyl/N-ethyl adjacent to an activating group) is 2. The molecular weight excluding hydrogens is 316 g/mol. The Bertz CT molecular complexity index is 1280. The SMILES string of the molecule is [2H]C([2H])([2H])NC(=O)CN(c1ccc2c(-c3ccccc3C([2H])([2H])[2H])cc(=O)oc2c1)C([2H])([2H])[2H]. The maximum atomic E-state index is 12.3. The van der Waals surface area contributed by atoms with Crippen LogP contribution >= 0.6 is 0 Å². The Kier molecular flexibility index (Phi) is 2.41. The summed E-state index contributed by atoms with van der Waals surface area (Å²) in [7, 11) is 0. The first-order valence-corrected chi connectivity index (χ1v) is 7.33. The molecule has 0 fully saturated rings. The van der Waals surface area contributed by atoms with Crippen LogP contribution in [0, 0.1) is 6.85 Å². The smallest absolute Gasteiger partial charge is 0.336 e. The number of nitrogens with zero attached hydrogens (tertiary/aromatic N) is 1. The van der Waals surface area contributed by atoms with Crippen molar-refractivity contribution >= 4 is 22.6 Å². The van der Waals surface area contributed by atoms with E-state index < -0.39 is 38.9 Å². The van der Waals surface area contributed by atoms with Crippen molar-refractivity contribution in [2.24, 2.45) is 0 Å². The van der Waals surface area contributed by atoms with Crippen LogP contribution in [0.1, 0.15) is 17.9 Å².